The SMILES string of the molecule is C[C@H]1CN(c2nnc(-c3ccccn3)s2)C[C@H](c2ccc(F)cc2)O1. The highest BCUT2D eigenvalue weighted by molar-refractivity contribution is 7.18. The maximum atomic E-state index is 13.2. The van der Waals surface area contributed by atoms with Crippen molar-refractivity contribution in [2.75, 3.05) is 18.0 Å². The van der Waals surface area contributed by atoms with Crippen LogP contribution in [0.5, 0.6) is 0 Å². The Balaban J connectivity index is 1.56. The molecule has 1 aliphatic heterocycles. The predicted molar refractivity (Wildman–Crippen MR) is 95.0 cm³/mol. The number of rotatable bonds is 3. The van der Waals surface area contributed by atoms with Crippen LogP contribution in [0, 0.1) is 5.82 Å². The van der Waals surface area contributed by atoms with Crippen molar-refractivity contribution in [3.05, 3.63) is 60.0 Å². The highest BCUT2D eigenvalue weighted by atomic mass is 32.1. The molecule has 3 heterocycles. The van der Waals surface area contributed by atoms with Crippen LogP contribution in [0.2, 0.25) is 0 Å². The zero-order valence-corrected chi connectivity index (χ0v) is 14.5. The summed E-state index contributed by atoms with van der Waals surface area (Å²) in [7, 11) is 0. The van der Waals surface area contributed by atoms with Crippen molar-refractivity contribution in [2.45, 2.75) is 19.1 Å². The van der Waals surface area contributed by atoms with E-state index in [4.69, 9.17) is 4.74 Å². The summed E-state index contributed by atoms with van der Waals surface area (Å²) < 4.78 is 19.2. The van der Waals surface area contributed by atoms with Gasteiger partial charge in [0.25, 0.3) is 0 Å². The van der Waals surface area contributed by atoms with Crippen molar-refractivity contribution >= 4 is 16.5 Å². The van der Waals surface area contributed by atoms with E-state index >= 15 is 0 Å². The minimum atomic E-state index is -0.242. The molecule has 0 unspecified atom stereocenters. The standard InChI is InChI=1S/C18H17FN4OS/c1-12-10-23(11-16(24-12)13-5-7-14(19)8-6-13)18-22-21-17(25-18)15-4-2-3-9-20-15/h2-9,12,16H,10-11H2,1H3/t12-,16+/m0/s1. The summed E-state index contributed by atoms with van der Waals surface area (Å²) in [6.45, 7) is 3.44. The zero-order chi connectivity index (χ0) is 17.2. The normalized spacial score (nSPS) is 20.6. The number of ether oxygens (including phenoxy) is 1. The molecule has 25 heavy (non-hydrogen) atoms. The molecular formula is C18H17FN4OS. The average Bonchev–Trinajstić information content (AvgIpc) is 3.13. The topological polar surface area (TPSA) is 51.1 Å². The number of morpholine rings is 1. The number of anilines is 1. The monoisotopic (exact) mass is 356 g/mol. The highest BCUT2D eigenvalue weighted by Gasteiger charge is 2.28. The molecule has 1 saturated heterocycles. The minimum absolute atomic E-state index is 0.0472. The molecule has 0 radical (unpaired) electrons. The number of hydrogen-bond donors (Lipinski definition) is 0. The Bertz CT molecular complexity index is 840. The first kappa shape index (κ1) is 16.1. The van der Waals surface area contributed by atoms with Gasteiger partial charge in [0.05, 0.1) is 12.6 Å². The third-order valence-corrected chi connectivity index (χ3v) is 5.08. The van der Waals surface area contributed by atoms with Crippen molar-refractivity contribution in [3.63, 3.8) is 0 Å². The van der Waals surface area contributed by atoms with E-state index in [1.165, 1.54) is 23.5 Å². The number of nitrogens with zero attached hydrogens (tertiary/aromatic N) is 4. The van der Waals surface area contributed by atoms with Crippen LogP contribution in [0.15, 0.2) is 48.7 Å². The van der Waals surface area contributed by atoms with Crippen LogP contribution >= 0.6 is 11.3 Å². The first-order valence-corrected chi connectivity index (χ1v) is 8.91. The van der Waals surface area contributed by atoms with Gasteiger partial charge < -0.3 is 9.64 Å². The van der Waals surface area contributed by atoms with Crippen molar-refractivity contribution < 1.29 is 9.13 Å². The van der Waals surface area contributed by atoms with E-state index in [0.29, 0.717) is 6.54 Å². The third-order valence-electron chi connectivity index (χ3n) is 4.07. The van der Waals surface area contributed by atoms with Gasteiger partial charge in [-0.15, -0.1) is 10.2 Å². The molecule has 0 aliphatic carbocycles. The molecule has 2 aromatic heterocycles. The maximum Gasteiger partial charge on any atom is 0.208 e. The molecule has 2 atom stereocenters. The molecule has 128 valence electrons. The Morgan fingerprint density at radius 3 is 2.72 bits per heavy atom. The molecule has 0 saturated carbocycles. The van der Waals surface area contributed by atoms with Crippen molar-refractivity contribution in [3.8, 4) is 10.7 Å². The lowest BCUT2D eigenvalue weighted by atomic mass is 10.1. The molecule has 3 aromatic rings. The number of hydrogen-bond acceptors (Lipinski definition) is 6. The van der Waals surface area contributed by atoms with Gasteiger partial charge in [-0.25, -0.2) is 4.39 Å². The molecule has 1 aliphatic rings. The average molecular weight is 356 g/mol. The number of pyridine rings is 1. The quantitative estimate of drug-likeness (QED) is 0.716. The second-order valence-electron chi connectivity index (χ2n) is 6.00. The van der Waals surface area contributed by atoms with Gasteiger partial charge in [-0.1, -0.05) is 29.5 Å². The summed E-state index contributed by atoms with van der Waals surface area (Å²) in [5.41, 5.74) is 1.79. The van der Waals surface area contributed by atoms with Crippen LogP contribution in [-0.4, -0.2) is 34.4 Å². The Morgan fingerprint density at radius 1 is 1.12 bits per heavy atom. The molecule has 5 nitrogen and oxygen atoms in total. The fourth-order valence-electron chi connectivity index (χ4n) is 2.91. The van der Waals surface area contributed by atoms with E-state index < -0.39 is 0 Å². The van der Waals surface area contributed by atoms with Crippen molar-refractivity contribution in [2.24, 2.45) is 0 Å². The summed E-state index contributed by atoms with van der Waals surface area (Å²) in [5.74, 6) is -0.242. The molecule has 0 N–H and O–H groups in total. The fourth-order valence-corrected chi connectivity index (χ4v) is 3.74. The summed E-state index contributed by atoms with van der Waals surface area (Å²) >= 11 is 1.52. The Kier molecular flexibility index (Phi) is 4.42. The zero-order valence-electron chi connectivity index (χ0n) is 13.7. The summed E-state index contributed by atoms with van der Waals surface area (Å²) in [4.78, 5) is 6.50. The van der Waals surface area contributed by atoms with Gasteiger partial charge in [-0.05, 0) is 36.8 Å². The molecule has 0 bridgehead atoms. The molecule has 7 heteroatoms. The highest BCUT2D eigenvalue weighted by Crippen LogP contribution is 2.32. The molecule has 4 rings (SSSR count). The van der Waals surface area contributed by atoms with E-state index in [9.17, 15) is 4.39 Å². The third kappa shape index (κ3) is 3.52. The van der Waals surface area contributed by atoms with Gasteiger partial charge in [0.1, 0.15) is 17.6 Å². The summed E-state index contributed by atoms with van der Waals surface area (Å²) in [6.07, 6.45) is 1.68. The Morgan fingerprint density at radius 2 is 1.96 bits per heavy atom. The second-order valence-corrected chi connectivity index (χ2v) is 6.95. The molecule has 1 fully saturated rings. The predicted octanol–water partition coefficient (Wildman–Crippen LogP) is 3.71. The first-order valence-electron chi connectivity index (χ1n) is 8.10. The molecule has 1 aromatic carbocycles. The van der Waals surface area contributed by atoms with Crippen LogP contribution in [0.1, 0.15) is 18.6 Å². The van der Waals surface area contributed by atoms with Gasteiger partial charge in [0.2, 0.25) is 5.13 Å². The lowest BCUT2D eigenvalue weighted by Gasteiger charge is -2.36. The van der Waals surface area contributed by atoms with Crippen LogP contribution in [-0.2, 0) is 4.74 Å². The van der Waals surface area contributed by atoms with Crippen LogP contribution in [0.25, 0.3) is 10.7 Å². The minimum Gasteiger partial charge on any atom is -0.367 e. The lowest BCUT2D eigenvalue weighted by Crippen LogP contribution is -2.42. The van der Waals surface area contributed by atoms with Crippen molar-refractivity contribution in [1.29, 1.82) is 0 Å². The second kappa shape index (κ2) is 6.85. The number of aromatic nitrogens is 3. The maximum absolute atomic E-state index is 13.2. The van der Waals surface area contributed by atoms with Crippen molar-refractivity contribution in [1.82, 2.24) is 15.2 Å². The molecular weight excluding hydrogens is 339 g/mol. The summed E-state index contributed by atoms with van der Waals surface area (Å²) in [5, 5.41) is 10.3. The van der Waals surface area contributed by atoms with E-state index in [1.807, 2.05) is 25.1 Å². The Labute approximate surface area is 149 Å². The largest absolute Gasteiger partial charge is 0.367 e. The van der Waals surface area contributed by atoms with Gasteiger partial charge in [-0.2, -0.15) is 0 Å². The van der Waals surface area contributed by atoms with E-state index in [2.05, 4.69) is 20.1 Å². The van der Waals surface area contributed by atoms with Crippen LogP contribution in [0.3, 0.4) is 0 Å². The number of halogens is 1. The molecule has 0 spiro atoms. The van der Waals surface area contributed by atoms with E-state index in [1.54, 1.807) is 18.3 Å². The summed E-state index contributed by atoms with van der Waals surface area (Å²) in [6, 6.07) is 12.2. The van der Waals surface area contributed by atoms with E-state index in [0.717, 1.165) is 27.9 Å². The fraction of sp³-hybridized carbons (Fsp3) is 0.278. The van der Waals surface area contributed by atoms with Gasteiger partial charge in [0.15, 0.2) is 5.01 Å². The molecule has 0 amide bonds. The smallest absolute Gasteiger partial charge is 0.208 e. The van der Waals surface area contributed by atoms with Crippen LogP contribution in [0.4, 0.5) is 9.52 Å². The lowest BCUT2D eigenvalue weighted by molar-refractivity contribution is -0.0174. The van der Waals surface area contributed by atoms with Gasteiger partial charge in [-0.3, -0.25) is 4.98 Å². The van der Waals surface area contributed by atoms with Gasteiger partial charge in [0, 0.05) is 12.7 Å². The number of benzene rings is 1. The van der Waals surface area contributed by atoms with Crippen LogP contribution < -0.4 is 4.90 Å². The van der Waals surface area contributed by atoms with Gasteiger partial charge >= 0.3 is 0 Å². The van der Waals surface area contributed by atoms with E-state index in [-0.39, 0.29) is 18.0 Å². The first-order chi connectivity index (χ1) is 12.2. The Hall–Kier alpha value is -2.38.